The van der Waals surface area contributed by atoms with E-state index >= 15 is 0 Å². The minimum absolute atomic E-state index is 0.0289. The van der Waals surface area contributed by atoms with Gasteiger partial charge in [-0.3, -0.25) is 0 Å². The van der Waals surface area contributed by atoms with Crippen molar-refractivity contribution >= 4 is 22.8 Å². The lowest BCUT2D eigenvalue weighted by Crippen LogP contribution is -2.36. The number of hydrogen-bond acceptors (Lipinski definition) is 6. The molecule has 0 saturated carbocycles. The van der Waals surface area contributed by atoms with Crippen LogP contribution in [0.1, 0.15) is 56.7 Å². The molecule has 0 bridgehead atoms. The van der Waals surface area contributed by atoms with Gasteiger partial charge in [-0.2, -0.15) is 14.6 Å². The first-order chi connectivity index (χ1) is 14.0. The van der Waals surface area contributed by atoms with Gasteiger partial charge in [0.25, 0.3) is 0 Å². The third-order valence-electron chi connectivity index (χ3n) is 5.41. The molecule has 4 rings (SSSR count). The fourth-order valence-corrected chi connectivity index (χ4v) is 4.96. The van der Waals surface area contributed by atoms with Gasteiger partial charge < -0.3 is 15.2 Å². The van der Waals surface area contributed by atoms with Crippen LogP contribution in [0.15, 0.2) is 41.7 Å². The molecule has 3 aromatic rings. The van der Waals surface area contributed by atoms with E-state index < -0.39 is 11.2 Å². The van der Waals surface area contributed by atoms with Crippen molar-refractivity contribution in [2.24, 2.45) is 0 Å². The van der Waals surface area contributed by atoms with Crippen LogP contribution >= 0.6 is 0 Å². The normalized spacial score (nSPS) is 17.6. The van der Waals surface area contributed by atoms with Crippen molar-refractivity contribution in [1.29, 1.82) is 0 Å². The summed E-state index contributed by atoms with van der Waals surface area (Å²) in [6, 6.07) is 10.2. The zero-order valence-corrected chi connectivity index (χ0v) is 17.9. The van der Waals surface area contributed by atoms with E-state index in [9.17, 15) is 4.55 Å². The number of rotatable bonds is 6. The number of piperidine rings is 1. The molecule has 0 radical (unpaired) electrons. The van der Waals surface area contributed by atoms with Crippen LogP contribution < -0.4 is 10.6 Å². The van der Waals surface area contributed by atoms with Crippen LogP contribution in [0.2, 0.25) is 0 Å². The Labute approximate surface area is 174 Å². The Morgan fingerprint density at radius 2 is 1.86 bits per heavy atom. The first-order valence-corrected chi connectivity index (χ1v) is 11.4. The summed E-state index contributed by atoms with van der Waals surface area (Å²) >= 11 is -1.24. The van der Waals surface area contributed by atoms with Gasteiger partial charge in [0.1, 0.15) is 5.25 Å². The first kappa shape index (κ1) is 20.1. The average Bonchev–Trinajstić information content (AvgIpc) is 3.19. The van der Waals surface area contributed by atoms with Gasteiger partial charge in [0, 0.05) is 29.6 Å². The van der Waals surface area contributed by atoms with Gasteiger partial charge in [-0.15, -0.1) is 4.98 Å². The molecule has 0 aliphatic carbocycles. The highest BCUT2D eigenvalue weighted by Gasteiger charge is 2.31. The number of fused-ring (bicyclic) bond motifs is 1. The van der Waals surface area contributed by atoms with Crippen molar-refractivity contribution in [3.8, 4) is 0 Å². The lowest BCUT2D eigenvalue weighted by Gasteiger charge is -2.24. The summed E-state index contributed by atoms with van der Waals surface area (Å²) in [6.45, 7) is 8.08. The molecule has 0 spiro atoms. The van der Waals surface area contributed by atoms with Crippen molar-refractivity contribution < 1.29 is 4.55 Å². The van der Waals surface area contributed by atoms with E-state index in [4.69, 9.17) is 4.98 Å². The Morgan fingerprint density at radius 1 is 1.14 bits per heavy atom. The second-order valence-corrected chi connectivity index (χ2v) is 9.47. The molecule has 1 fully saturated rings. The SMILES string of the molecule is CC(C)c1cnn2c(N[C@@H](C)c3ccccc3)nc([S+]([O-])C3CCNCC3)nc12. The predicted octanol–water partition coefficient (Wildman–Crippen LogP) is 3.28. The van der Waals surface area contributed by atoms with Gasteiger partial charge in [-0.05, 0) is 31.5 Å². The zero-order valence-electron chi connectivity index (χ0n) is 17.1. The highest BCUT2D eigenvalue weighted by atomic mass is 32.2. The molecule has 0 amide bonds. The smallest absolute Gasteiger partial charge is 0.348 e. The Hall–Kier alpha value is -2.16. The fourth-order valence-electron chi connectivity index (χ4n) is 3.64. The minimum atomic E-state index is -1.24. The number of hydrogen-bond donors (Lipinski definition) is 2. The maximum absolute atomic E-state index is 13.3. The number of benzene rings is 1. The largest absolute Gasteiger partial charge is 0.609 e. The van der Waals surface area contributed by atoms with Gasteiger partial charge in [0.2, 0.25) is 5.95 Å². The van der Waals surface area contributed by atoms with Gasteiger partial charge in [-0.25, -0.2) is 0 Å². The van der Waals surface area contributed by atoms with Crippen molar-refractivity contribution in [2.45, 2.75) is 56.0 Å². The third kappa shape index (κ3) is 4.24. The molecule has 1 aromatic carbocycles. The van der Waals surface area contributed by atoms with Crippen LogP contribution in [-0.4, -0.2) is 42.5 Å². The number of aromatic nitrogens is 4. The molecule has 29 heavy (non-hydrogen) atoms. The number of nitrogens with one attached hydrogen (secondary N) is 2. The van der Waals surface area contributed by atoms with E-state index in [1.54, 1.807) is 4.52 Å². The third-order valence-corrected chi connectivity index (χ3v) is 7.03. The molecular formula is C21H28N6OS. The van der Waals surface area contributed by atoms with Crippen molar-refractivity contribution in [3.63, 3.8) is 0 Å². The van der Waals surface area contributed by atoms with Crippen LogP contribution in [0.3, 0.4) is 0 Å². The maximum Gasteiger partial charge on any atom is 0.348 e. The van der Waals surface area contributed by atoms with Crippen LogP contribution in [0.25, 0.3) is 5.65 Å². The minimum Gasteiger partial charge on any atom is -0.609 e. The average molecular weight is 413 g/mol. The number of anilines is 1. The van der Waals surface area contributed by atoms with E-state index in [1.165, 1.54) is 0 Å². The van der Waals surface area contributed by atoms with Crippen molar-refractivity contribution in [2.75, 3.05) is 18.4 Å². The van der Waals surface area contributed by atoms with E-state index in [1.807, 2.05) is 24.4 Å². The fraction of sp³-hybridized carbons (Fsp3) is 0.476. The molecular weight excluding hydrogens is 384 g/mol. The van der Waals surface area contributed by atoms with Crippen LogP contribution in [0.4, 0.5) is 5.95 Å². The molecule has 1 saturated heterocycles. The predicted molar refractivity (Wildman–Crippen MR) is 116 cm³/mol. The van der Waals surface area contributed by atoms with E-state index in [-0.39, 0.29) is 17.2 Å². The summed E-state index contributed by atoms with van der Waals surface area (Å²) in [5.41, 5.74) is 2.91. The van der Waals surface area contributed by atoms with Crippen LogP contribution in [0.5, 0.6) is 0 Å². The molecule has 154 valence electrons. The molecule has 1 unspecified atom stereocenters. The molecule has 2 atom stereocenters. The second-order valence-electron chi connectivity index (χ2n) is 7.84. The highest BCUT2D eigenvalue weighted by molar-refractivity contribution is 7.91. The summed E-state index contributed by atoms with van der Waals surface area (Å²) in [4.78, 5) is 9.37. The number of nitrogens with zero attached hydrogens (tertiary/aromatic N) is 4. The molecule has 3 heterocycles. The zero-order chi connectivity index (χ0) is 20.4. The maximum atomic E-state index is 13.3. The Bertz CT molecular complexity index is 954. The van der Waals surface area contributed by atoms with E-state index in [0.29, 0.717) is 11.1 Å². The quantitative estimate of drug-likeness (QED) is 0.604. The first-order valence-electron chi connectivity index (χ1n) is 10.2. The van der Waals surface area contributed by atoms with Crippen molar-refractivity contribution in [1.82, 2.24) is 24.9 Å². The molecule has 1 aliphatic rings. The second kappa shape index (κ2) is 8.69. The lowest BCUT2D eigenvalue weighted by molar-refractivity contribution is 0.492. The monoisotopic (exact) mass is 412 g/mol. The molecule has 2 N–H and O–H groups in total. The molecule has 8 heteroatoms. The van der Waals surface area contributed by atoms with E-state index in [2.05, 4.69) is 53.6 Å². The standard InChI is InChI=1S/C21H28N6OS/c1-14(2)18-13-23-27-19(18)25-21(29(28)17-9-11-22-12-10-17)26-20(27)24-15(3)16-7-5-4-6-8-16/h4-8,13-15,17,22H,9-12H2,1-3H3,(H,24,25,26)/t15-,29?/m0/s1. The summed E-state index contributed by atoms with van der Waals surface area (Å²) in [5, 5.41) is 11.8. The van der Waals surface area contributed by atoms with Gasteiger partial charge in [-0.1, -0.05) is 44.2 Å². The summed E-state index contributed by atoms with van der Waals surface area (Å²) in [7, 11) is 0. The lowest BCUT2D eigenvalue weighted by atomic mass is 10.1. The Kier molecular flexibility index (Phi) is 6.03. The van der Waals surface area contributed by atoms with Gasteiger partial charge in [0.15, 0.2) is 5.65 Å². The summed E-state index contributed by atoms with van der Waals surface area (Å²) < 4.78 is 15.0. The Balaban J connectivity index is 1.73. The summed E-state index contributed by atoms with van der Waals surface area (Å²) in [6.07, 6.45) is 3.59. The Morgan fingerprint density at radius 3 is 2.55 bits per heavy atom. The van der Waals surface area contributed by atoms with E-state index in [0.717, 1.165) is 42.7 Å². The van der Waals surface area contributed by atoms with Crippen LogP contribution in [-0.2, 0) is 11.2 Å². The molecule has 7 nitrogen and oxygen atoms in total. The molecule has 1 aliphatic heterocycles. The van der Waals surface area contributed by atoms with Crippen molar-refractivity contribution in [3.05, 3.63) is 47.7 Å². The molecule has 2 aromatic heterocycles. The topological polar surface area (TPSA) is 90.2 Å². The van der Waals surface area contributed by atoms with Gasteiger partial charge >= 0.3 is 5.16 Å². The van der Waals surface area contributed by atoms with Crippen LogP contribution in [0, 0.1) is 0 Å². The highest BCUT2D eigenvalue weighted by Crippen LogP contribution is 2.27. The van der Waals surface area contributed by atoms with Gasteiger partial charge in [0.05, 0.1) is 12.2 Å². The summed E-state index contributed by atoms with van der Waals surface area (Å²) in [5.74, 6) is 0.845.